The van der Waals surface area contributed by atoms with Gasteiger partial charge in [-0.25, -0.2) is 9.36 Å². The van der Waals surface area contributed by atoms with E-state index in [0.29, 0.717) is 37.4 Å². The number of unbranched alkanes of at least 4 members (excludes halogenated alkanes) is 3. The normalized spacial score (nSPS) is 12.0. The van der Waals surface area contributed by atoms with Crippen LogP contribution in [0.25, 0.3) is 33.4 Å². The number of hydrogen-bond acceptors (Lipinski definition) is 10. The molecule has 4 aromatic carbocycles. The van der Waals surface area contributed by atoms with Crippen LogP contribution < -0.4 is 0 Å². The second-order valence-corrected chi connectivity index (χ2v) is 16.4. The van der Waals surface area contributed by atoms with E-state index in [9.17, 15) is 19.8 Å². The van der Waals surface area contributed by atoms with Gasteiger partial charge in [0.05, 0.1) is 24.2 Å². The molecule has 6 aromatic rings. The average molecular weight is 761 g/mol. The van der Waals surface area contributed by atoms with Crippen LogP contribution in [0.1, 0.15) is 102 Å². The zero-order valence-electron chi connectivity index (χ0n) is 33.2. The molecule has 6 rings (SSSR count). The lowest BCUT2D eigenvalue weighted by molar-refractivity contribution is -0.145. The van der Waals surface area contributed by atoms with Gasteiger partial charge in [0.25, 0.3) is 0 Å². The minimum atomic E-state index is -0.339. The van der Waals surface area contributed by atoms with Gasteiger partial charge in [-0.1, -0.05) is 88.4 Å². The van der Waals surface area contributed by atoms with Gasteiger partial charge in [-0.2, -0.15) is 0 Å². The molecule has 0 fully saturated rings. The van der Waals surface area contributed by atoms with Crippen molar-refractivity contribution in [3.8, 4) is 22.9 Å². The quantitative estimate of drug-likeness (QED) is 0.0771. The van der Waals surface area contributed by atoms with Crippen LogP contribution in [0.5, 0.6) is 11.5 Å². The van der Waals surface area contributed by atoms with E-state index >= 15 is 0 Å². The van der Waals surface area contributed by atoms with Crippen molar-refractivity contribution in [2.24, 2.45) is 0 Å². The average Bonchev–Trinajstić information content (AvgIpc) is 3.79. The summed E-state index contributed by atoms with van der Waals surface area (Å²) < 4.78 is 14.3. The Balaban J connectivity index is 0.922. The van der Waals surface area contributed by atoms with E-state index in [1.807, 2.05) is 114 Å². The number of aromatic hydroxyl groups is 2. The lowest BCUT2D eigenvalue weighted by Gasteiger charge is -2.23. The summed E-state index contributed by atoms with van der Waals surface area (Å²) >= 11 is 0. The third-order valence-corrected chi connectivity index (χ3v) is 9.88. The Labute approximate surface area is 327 Å². The number of phenolic OH excluding ortho intramolecular Hbond substituents is 2. The van der Waals surface area contributed by atoms with Crippen LogP contribution in [0.2, 0.25) is 0 Å². The Kier molecular flexibility index (Phi) is 12.1. The third kappa shape index (κ3) is 9.35. The van der Waals surface area contributed by atoms with Crippen LogP contribution in [0.3, 0.4) is 0 Å². The molecule has 0 amide bonds. The van der Waals surface area contributed by atoms with Crippen LogP contribution in [-0.2, 0) is 42.7 Å². The van der Waals surface area contributed by atoms with Gasteiger partial charge >= 0.3 is 11.9 Å². The summed E-state index contributed by atoms with van der Waals surface area (Å²) in [7, 11) is 0. The van der Waals surface area contributed by atoms with Gasteiger partial charge in [0.15, 0.2) is 0 Å². The molecule has 56 heavy (non-hydrogen) atoms. The monoisotopic (exact) mass is 760 g/mol. The second kappa shape index (κ2) is 16.9. The molecule has 0 aliphatic heterocycles. The number of aromatic nitrogens is 6. The fourth-order valence-electron chi connectivity index (χ4n) is 6.77. The summed E-state index contributed by atoms with van der Waals surface area (Å²) in [5, 5.41) is 39.6. The van der Waals surface area contributed by atoms with Crippen molar-refractivity contribution in [3.05, 3.63) is 95.1 Å². The molecule has 2 heterocycles. The largest absolute Gasteiger partial charge is 0.505 e. The lowest BCUT2D eigenvalue weighted by Crippen LogP contribution is -2.14. The highest BCUT2D eigenvalue weighted by Crippen LogP contribution is 2.39. The van der Waals surface area contributed by atoms with E-state index in [0.717, 1.165) is 70.0 Å². The van der Waals surface area contributed by atoms with Crippen molar-refractivity contribution in [2.45, 2.75) is 104 Å². The molecule has 0 saturated carbocycles. The van der Waals surface area contributed by atoms with Gasteiger partial charge < -0.3 is 19.7 Å². The Bertz CT molecular complexity index is 2170. The number of benzene rings is 4. The smallest absolute Gasteiger partial charge is 0.306 e. The summed E-state index contributed by atoms with van der Waals surface area (Å²) in [6, 6.07) is 22.8. The molecule has 0 bridgehead atoms. The zero-order chi connectivity index (χ0) is 40.0. The molecule has 0 atom stereocenters. The first-order valence-corrected chi connectivity index (χ1v) is 19.4. The van der Waals surface area contributed by atoms with Crippen molar-refractivity contribution < 1.29 is 29.3 Å². The Morgan fingerprint density at radius 1 is 0.589 bits per heavy atom. The van der Waals surface area contributed by atoms with E-state index in [4.69, 9.17) is 9.47 Å². The van der Waals surface area contributed by atoms with Crippen LogP contribution in [-0.4, -0.2) is 65.4 Å². The third-order valence-electron chi connectivity index (χ3n) is 9.88. The van der Waals surface area contributed by atoms with Crippen molar-refractivity contribution in [3.63, 3.8) is 0 Å². The Morgan fingerprint density at radius 2 is 0.982 bits per heavy atom. The molecule has 2 N–H and O–H groups in total. The number of fused-ring (bicyclic) bond motifs is 2. The summed E-state index contributed by atoms with van der Waals surface area (Å²) in [4.78, 5) is 25.3. The molecule has 0 spiro atoms. The SMILES string of the molecule is CC(C)(C)c1cc(CCC(=O)OCCCCCCOC(=O)CCc2cc(-n3nnc4ccccc43)c(O)c(C(C)(C)C)c2)cc(-n2nnc3ccccc32)c1O. The maximum Gasteiger partial charge on any atom is 0.306 e. The molecule has 0 aliphatic carbocycles. The molecule has 0 radical (unpaired) electrons. The van der Waals surface area contributed by atoms with Gasteiger partial charge in [-0.05, 0) is 96.9 Å². The summed E-state index contributed by atoms with van der Waals surface area (Å²) in [5.41, 5.74) is 6.73. The number of aryl methyl sites for hydroxylation is 2. The molecule has 294 valence electrons. The maximum absolute atomic E-state index is 12.7. The van der Waals surface area contributed by atoms with E-state index in [1.54, 1.807) is 9.36 Å². The molecule has 12 nitrogen and oxygen atoms in total. The Morgan fingerprint density at radius 3 is 1.38 bits per heavy atom. The predicted molar refractivity (Wildman–Crippen MR) is 215 cm³/mol. The van der Waals surface area contributed by atoms with E-state index < -0.39 is 0 Å². The van der Waals surface area contributed by atoms with E-state index in [2.05, 4.69) is 20.6 Å². The fourth-order valence-corrected chi connectivity index (χ4v) is 6.77. The highest BCUT2D eigenvalue weighted by molar-refractivity contribution is 5.78. The predicted octanol–water partition coefficient (Wildman–Crippen LogP) is 8.37. The molecule has 0 aliphatic rings. The van der Waals surface area contributed by atoms with Gasteiger partial charge in [0.1, 0.15) is 33.9 Å². The summed E-state index contributed by atoms with van der Waals surface area (Å²) in [6.07, 6.45) is 4.46. The number of carbonyl (C=O) groups excluding carboxylic acids is 2. The first-order valence-electron chi connectivity index (χ1n) is 19.4. The van der Waals surface area contributed by atoms with Crippen molar-refractivity contribution in [1.82, 2.24) is 30.0 Å². The number of ether oxygens (including phenoxy) is 2. The standard InChI is InChI=1S/C44H52N6O6/c1-43(2,3)31-25-29(27-37(41(31)53)49-35-17-11-9-15-33(35)45-47-49)19-21-39(51)55-23-13-7-8-14-24-56-40(52)22-20-30-26-32(44(4,5)6)42(54)38(28-30)50-36-18-12-10-16-34(36)46-48-50/h9-12,15-18,25-28,53-54H,7-8,13-14,19-24H2,1-6H3. The van der Waals surface area contributed by atoms with Gasteiger partial charge in [-0.15, -0.1) is 10.2 Å². The number of nitrogens with zero attached hydrogens (tertiary/aromatic N) is 6. The van der Waals surface area contributed by atoms with Gasteiger partial charge in [0.2, 0.25) is 0 Å². The highest BCUT2D eigenvalue weighted by atomic mass is 16.5. The van der Waals surface area contributed by atoms with E-state index in [1.165, 1.54) is 0 Å². The lowest BCUT2D eigenvalue weighted by atomic mass is 9.84. The first-order chi connectivity index (χ1) is 26.7. The van der Waals surface area contributed by atoms with Gasteiger partial charge in [0, 0.05) is 24.0 Å². The number of para-hydroxylation sites is 2. The minimum absolute atomic E-state index is 0.144. The summed E-state index contributed by atoms with van der Waals surface area (Å²) in [6.45, 7) is 12.9. The maximum atomic E-state index is 12.7. The molecule has 0 saturated heterocycles. The van der Waals surface area contributed by atoms with Crippen LogP contribution in [0.4, 0.5) is 0 Å². The molecular weight excluding hydrogens is 709 g/mol. The zero-order valence-corrected chi connectivity index (χ0v) is 33.2. The van der Waals surface area contributed by atoms with Crippen LogP contribution in [0.15, 0.2) is 72.8 Å². The molecule has 12 heteroatoms. The topological polar surface area (TPSA) is 154 Å². The minimum Gasteiger partial charge on any atom is -0.505 e. The van der Waals surface area contributed by atoms with Crippen molar-refractivity contribution >= 4 is 34.0 Å². The number of hydrogen-bond donors (Lipinski definition) is 2. The number of phenols is 2. The molecular formula is C44H52N6O6. The van der Waals surface area contributed by atoms with Gasteiger partial charge in [-0.3, -0.25) is 9.59 Å². The van der Waals surface area contributed by atoms with Crippen LogP contribution in [0, 0.1) is 0 Å². The number of carbonyl (C=O) groups is 2. The Hall–Kier alpha value is -5.78. The second-order valence-electron chi connectivity index (χ2n) is 16.4. The number of rotatable bonds is 15. The summed E-state index contributed by atoms with van der Waals surface area (Å²) in [5.74, 6) is -0.264. The highest BCUT2D eigenvalue weighted by Gasteiger charge is 2.25. The van der Waals surface area contributed by atoms with Crippen molar-refractivity contribution in [1.29, 1.82) is 0 Å². The molecule has 2 aromatic heterocycles. The fraction of sp³-hybridized carbons (Fsp3) is 0.409. The van der Waals surface area contributed by atoms with E-state index in [-0.39, 0.29) is 47.1 Å². The van der Waals surface area contributed by atoms with Crippen LogP contribution >= 0.6 is 0 Å². The van der Waals surface area contributed by atoms with Crippen molar-refractivity contribution in [2.75, 3.05) is 13.2 Å². The molecule has 0 unspecified atom stereocenters. The first kappa shape index (κ1) is 39.9. The number of esters is 2.